The van der Waals surface area contributed by atoms with Crippen LogP contribution in [0.25, 0.3) is 5.69 Å². The Morgan fingerprint density at radius 1 is 1.15 bits per heavy atom. The molecule has 1 aliphatic heterocycles. The summed E-state index contributed by atoms with van der Waals surface area (Å²) in [6.45, 7) is 5.06. The molecule has 1 aromatic carbocycles. The second kappa shape index (κ2) is 7.88. The number of nitrogens with one attached hydrogen (secondary N) is 1. The van der Waals surface area contributed by atoms with Gasteiger partial charge in [-0.1, -0.05) is 18.2 Å². The highest BCUT2D eigenvalue weighted by atomic mass is 15.3. The smallest absolute Gasteiger partial charge is 0.129 e. The van der Waals surface area contributed by atoms with Gasteiger partial charge in [-0.15, -0.1) is 0 Å². The third kappa shape index (κ3) is 4.17. The second-order valence-electron chi connectivity index (χ2n) is 7.34. The monoisotopic (exact) mass is 362 g/mol. The molecule has 0 saturated carbocycles. The van der Waals surface area contributed by atoms with Crippen molar-refractivity contribution in [2.75, 3.05) is 25.5 Å². The topological polar surface area (TPSA) is 58.9 Å². The van der Waals surface area contributed by atoms with Crippen LogP contribution in [0.2, 0.25) is 0 Å². The van der Waals surface area contributed by atoms with Gasteiger partial charge in [0.2, 0.25) is 0 Å². The Balaban J connectivity index is 1.41. The van der Waals surface area contributed by atoms with Gasteiger partial charge < -0.3 is 10.2 Å². The lowest BCUT2D eigenvalue weighted by atomic mass is 9.93. The van der Waals surface area contributed by atoms with Crippen LogP contribution < -0.4 is 5.32 Å². The molecule has 0 spiro atoms. The van der Waals surface area contributed by atoms with Crippen molar-refractivity contribution in [3.05, 3.63) is 65.9 Å². The van der Waals surface area contributed by atoms with Gasteiger partial charge >= 0.3 is 0 Å². The summed E-state index contributed by atoms with van der Waals surface area (Å²) < 4.78 is 1.93. The molecule has 1 aliphatic rings. The van der Waals surface area contributed by atoms with E-state index in [1.165, 1.54) is 5.56 Å². The molecule has 3 aromatic rings. The zero-order chi connectivity index (χ0) is 18.6. The van der Waals surface area contributed by atoms with E-state index in [9.17, 15) is 0 Å². The molecule has 0 radical (unpaired) electrons. The molecule has 0 atom stereocenters. The predicted molar refractivity (Wildman–Crippen MR) is 107 cm³/mol. The average Bonchev–Trinajstić information content (AvgIpc) is 3.16. The van der Waals surface area contributed by atoms with E-state index < -0.39 is 0 Å². The van der Waals surface area contributed by atoms with Gasteiger partial charge in [0.25, 0.3) is 0 Å². The minimum absolute atomic E-state index is 0.536. The van der Waals surface area contributed by atoms with Gasteiger partial charge in [-0.25, -0.2) is 14.6 Å². The van der Waals surface area contributed by atoms with Crippen molar-refractivity contribution in [1.82, 2.24) is 24.6 Å². The van der Waals surface area contributed by atoms with Crippen molar-refractivity contribution >= 4 is 5.82 Å². The number of para-hydroxylation sites is 1. The van der Waals surface area contributed by atoms with Gasteiger partial charge in [-0.2, -0.15) is 5.10 Å². The first-order valence-corrected chi connectivity index (χ1v) is 9.53. The fourth-order valence-electron chi connectivity index (χ4n) is 3.59. The zero-order valence-electron chi connectivity index (χ0n) is 16.0. The first kappa shape index (κ1) is 17.7. The van der Waals surface area contributed by atoms with E-state index in [0.29, 0.717) is 12.5 Å². The van der Waals surface area contributed by atoms with Crippen molar-refractivity contribution in [1.29, 1.82) is 0 Å². The number of piperidine rings is 1. The van der Waals surface area contributed by atoms with Gasteiger partial charge in [0.1, 0.15) is 12.1 Å². The number of nitrogens with zero attached hydrogens (tertiary/aromatic N) is 5. The number of anilines is 1. The maximum Gasteiger partial charge on any atom is 0.129 e. The normalized spacial score (nSPS) is 15.8. The minimum Gasteiger partial charge on any atom is -0.366 e. The predicted octanol–water partition coefficient (Wildman–Crippen LogP) is 3.39. The summed E-state index contributed by atoms with van der Waals surface area (Å²) >= 11 is 0. The molecule has 27 heavy (non-hydrogen) atoms. The summed E-state index contributed by atoms with van der Waals surface area (Å²) in [5, 5.41) is 7.91. The standard InChI is InChI=1S/C21H26N6/c1-16-5-3-4-6-20(16)27-14-17(13-25-27)12-22-21-11-19(23-15-24-21)18-7-9-26(2)10-8-18/h3-6,11,13-15,18H,7-10,12H2,1-2H3,(H,22,23,24). The summed E-state index contributed by atoms with van der Waals surface area (Å²) in [6.07, 6.45) is 7.96. The SMILES string of the molecule is Cc1ccccc1-n1cc(CNc2cc(C3CCN(C)CC3)ncn2)cn1. The van der Waals surface area contributed by atoms with Crippen LogP contribution in [-0.4, -0.2) is 44.8 Å². The Labute approximate surface area is 160 Å². The lowest BCUT2D eigenvalue weighted by molar-refractivity contribution is 0.253. The van der Waals surface area contributed by atoms with Crippen molar-refractivity contribution in [2.24, 2.45) is 0 Å². The molecule has 2 aromatic heterocycles. The number of likely N-dealkylation sites (tertiary alicyclic amines) is 1. The largest absolute Gasteiger partial charge is 0.366 e. The first-order chi connectivity index (χ1) is 13.2. The summed E-state index contributed by atoms with van der Waals surface area (Å²) in [6, 6.07) is 10.4. The molecule has 140 valence electrons. The van der Waals surface area contributed by atoms with Crippen LogP contribution >= 0.6 is 0 Å². The molecule has 0 unspecified atom stereocenters. The lowest BCUT2D eigenvalue weighted by Crippen LogP contribution is -2.29. The minimum atomic E-state index is 0.536. The summed E-state index contributed by atoms with van der Waals surface area (Å²) in [5.74, 6) is 1.41. The van der Waals surface area contributed by atoms with Crippen molar-refractivity contribution in [3.63, 3.8) is 0 Å². The van der Waals surface area contributed by atoms with Gasteiger partial charge in [-0.3, -0.25) is 0 Å². The maximum atomic E-state index is 4.51. The van der Waals surface area contributed by atoms with E-state index in [0.717, 1.165) is 48.7 Å². The summed E-state index contributed by atoms with van der Waals surface area (Å²) in [5.41, 5.74) is 4.59. The Bertz CT molecular complexity index is 895. The molecule has 1 saturated heterocycles. The molecule has 3 heterocycles. The molecule has 0 amide bonds. The van der Waals surface area contributed by atoms with Gasteiger partial charge in [0.05, 0.1) is 11.9 Å². The number of rotatable bonds is 5. The fourth-order valence-corrected chi connectivity index (χ4v) is 3.59. The zero-order valence-corrected chi connectivity index (χ0v) is 16.0. The Morgan fingerprint density at radius 2 is 1.96 bits per heavy atom. The van der Waals surface area contributed by atoms with E-state index in [1.54, 1.807) is 6.33 Å². The number of hydrogen-bond donors (Lipinski definition) is 1. The third-order valence-corrected chi connectivity index (χ3v) is 5.30. The highest BCUT2D eigenvalue weighted by Gasteiger charge is 2.19. The molecule has 0 aliphatic carbocycles. The highest BCUT2D eigenvalue weighted by Crippen LogP contribution is 2.26. The molecule has 1 fully saturated rings. The number of hydrogen-bond acceptors (Lipinski definition) is 5. The van der Waals surface area contributed by atoms with Crippen LogP contribution in [0.5, 0.6) is 0 Å². The van der Waals surface area contributed by atoms with Gasteiger partial charge in [0, 0.05) is 36.0 Å². The number of benzene rings is 1. The van der Waals surface area contributed by atoms with Crippen LogP contribution in [0.4, 0.5) is 5.82 Å². The van der Waals surface area contributed by atoms with Crippen molar-refractivity contribution in [2.45, 2.75) is 32.2 Å². The van der Waals surface area contributed by atoms with Crippen LogP contribution in [0.3, 0.4) is 0 Å². The molecule has 0 bridgehead atoms. The molecular weight excluding hydrogens is 336 g/mol. The summed E-state index contributed by atoms with van der Waals surface area (Å²) in [7, 11) is 2.18. The van der Waals surface area contributed by atoms with Crippen molar-refractivity contribution in [3.8, 4) is 5.69 Å². The van der Waals surface area contributed by atoms with Crippen LogP contribution in [-0.2, 0) is 6.54 Å². The summed E-state index contributed by atoms with van der Waals surface area (Å²) in [4.78, 5) is 11.3. The van der Waals surface area contributed by atoms with Gasteiger partial charge in [-0.05, 0) is 51.5 Å². The van der Waals surface area contributed by atoms with Gasteiger partial charge in [0.15, 0.2) is 0 Å². The Kier molecular flexibility index (Phi) is 5.16. The van der Waals surface area contributed by atoms with E-state index >= 15 is 0 Å². The molecule has 1 N–H and O–H groups in total. The maximum absolute atomic E-state index is 4.51. The molecular formula is C21H26N6. The first-order valence-electron chi connectivity index (χ1n) is 9.53. The Hall–Kier alpha value is -2.73. The molecule has 4 rings (SSSR count). The molecule has 6 heteroatoms. The quantitative estimate of drug-likeness (QED) is 0.754. The fraction of sp³-hybridized carbons (Fsp3) is 0.381. The van der Waals surface area contributed by atoms with Crippen LogP contribution in [0.15, 0.2) is 49.1 Å². The van der Waals surface area contributed by atoms with Crippen molar-refractivity contribution < 1.29 is 0 Å². The Morgan fingerprint density at radius 3 is 2.78 bits per heavy atom. The number of aryl methyl sites for hydroxylation is 1. The van der Waals surface area contributed by atoms with E-state index in [4.69, 9.17) is 0 Å². The van der Waals surface area contributed by atoms with E-state index in [-0.39, 0.29) is 0 Å². The van der Waals surface area contributed by atoms with E-state index in [1.807, 2.05) is 23.0 Å². The van der Waals surface area contributed by atoms with Crippen LogP contribution in [0, 0.1) is 6.92 Å². The second-order valence-corrected chi connectivity index (χ2v) is 7.34. The number of aromatic nitrogens is 4. The average molecular weight is 362 g/mol. The highest BCUT2D eigenvalue weighted by molar-refractivity contribution is 5.40. The lowest BCUT2D eigenvalue weighted by Gasteiger charge is -2.28. The van der Waals surface area contributed by atoms with Crippen LogP contribution in [0.1, 0.15) is 35.6 Å². The van der Waals surface area contributed by atoms with E-state index in [2.05, 4.69) is 63.7 Å². The molecule has 6 nitrogen and oxygen atoms in total. The third-order valence-electron chi connectivity index (χ3n) is 5.30.